The zero-order valence-corrected chi connectivity index (χ0v) is 11.0. The molecule has 0 saturated heterocycles. The van der Waals surface area contributed by atoms with Crippen molar-refractivity contribution in [1.29, 1.82) is 0 Å². The second-order valence-corrected chi connectivity index (χ2v) is 6.25. The van der Waals surface area contributed by atoms with Gasteiger partial charge < -0.3 is 5.32 Å². The van der Waals surface area contributed by atoms with E-state index in [1.165, 1.54) is 4.31 Å². The van der Waals surface area contributed by atoms with E-state index in [9.17, 15) is 8.42 Å². The third-order valence-corrected chi connectivity index (χ3v) is 5.25. The van der Waals surface area contributed by atoms with E-state index in [-0.39, 0.29) is 0 Å². The Morgan fingerprint density at radius 1 is 1.41 bits per heavy atom. The Labute approximate surface area is 103 Å². The van der Waals surface area contributed by atoms with Crippen LogP contribution in [0.3, 0.4) is 0 Å². The first-order valence-corrected chi connectivity index (χ1v) is 7.29. The molecule has 1 aliphatic rings. The van der Waals surface area contributed by atoms with Crippen LogP contribution in [0.5, 0.6) is 0 Å². The SMILES string of the molecule is CCN(C)S(=O)(=O)c1cccc2c1CCNC2. The van der Waals surface area contributed by atoms with Crippen LogP contribution in [-0.4, -0.2) is 32.9 Å². The Balaban J connectivity index is 2.53. The number of rotatable bonds is 3. The van der Waals surface area contributed by atoms with Gasteiger partial charge in [0, 0.05) is 20.1 Å². The van der Waals surface area contributed by atoms with Gasteiger partial charge in [-0.3, -0.25) is 0 Å². The smallest absolute Gasteiger partial charge is 0.243 e. The lowest BCUT2D eigenvalue weighted by Crippen LogP contribution is -2.30. The molecule has 0 amide bonds. The molecule has 0 aromatic heterocycles. The molecule has 0 bridgehead atoms. The van der Waals surface area contributed by atoms with Gasteiger partial charge in [-0.2, -0.15) is 0 Å². The van der Waals surface area contributed by atoms with Crippen LogP contribution < -0.4 is 5.32 Å². The van der Waals surface area contributed by atoms with Crippen LogP contribution in [0.25, 0.3) is 0 Å². The fourth-order valence-electron chi connectivity index (χ4n) is 2.08. The van der Waals surface area contributed by atoms with E-state index in [1.807, 2.05) is 19.1 Å². The van der Waals surface area contributed by atoms with Gasteiger partial charge in [-0.25, -0.2) is 12.7 Å². The molecule has 0 fully saturated rings. The molecule has 1 aromatic carbocycles. The van der Waals surface area contributed by atoms with Crippen molar-refractivity contribution in [2.24, 2.45) is 0 Å². The number of hydrogen-bond acceptors (Lipinski definition) is 3. The van der Waals surface area contributed by atoms with E-state index >= 15 is 0 Å². The molecule has 0 spiro atoms. The van der Waals surface area contributed by atoms with E-state index < -0.39 is 10.0 Å². The Hall–Kier alpha value is -0.910. The number of sulfonamides is 1. The van der Waals surface area contributed by atoms with Gasteiger partial charge in [0.05, 0.1) is 4.90 Å². The summed E-state index contributed by atoms with van der Waals surface area (Å²) in [6.07, 6.45) is 0.780. The topological polar surface area (TPSA) is 49.4 Å². The third-order valence-electron chi connectivity index (χ3n) is 3.23. The van der Waals surface area contributed by atoms with Crippen LogP contribution in [0.4, 0.5) is 0 Å². The fourth-order valence-corrected chi connectivity index (χ4v) is 3.55. The average Bonchev–Trinajstić information content (AvgIpc) is 2.37. The molecule has 0 radical (unpaired) electrons. The van der Waals surface area contributed by atoms with Crippen molar-refractivity contribution < 1.29 is 8.42 Å². The van der Waals surface area contributed by atoms with Gasteiger partial charge in [-0.15, -0.1) is 0 Å². The summed E-state index contributed by atoms with van der Waals surface area (Å²) in [5.41, 5.74) is 2.08. The summed E-state index contributed by atoms with van der Waals surface area (Å²) >= 11 is 0. The highest BCUT2D eigenvalue weighted by Crippen LogP contribution is 2.24. The summed E-state index contributed by atoms with van der Waals surface area (Å²) in [7, 11) is -1.70. The Kier molecular flexibility index (Phi) is 3.51. The monoisotopic (exact) mass is 254 g/mol. The molecule has 17 heavy (non-hydrogen) atoms. The highest BCUT2D eigenvalue weighted by atomic mass is 32.2. The maximum absolute atomic E-state index is 12.3. The number of nitrogens with zero attached hydrogens (tertiary/aromatic N) is 1. The number of fused-ring (bicyclic) bond motifs is 1. The van der Waals surface area contributed by atoms with Crippen LogP contribution in [0.1, 0.15) is 18.1 Å². The standard InChI is InChI=1S/C12H18N2O2S/c1-3-14(2)17(15,16)12-6-4-5-10-9-13-8-7-11(10)12/h4-6,13H,3,7-9H2,1-2H3. The highest BCUT2D eigenvalue weighted by Gasteiger charge is 2.25. The van der Waals surface area contributed by atoms with Crippen LogP contribution in [0, 0.1) is 0 Å². The van der Waals surface area contributed by atoms with Gasteiger partial charge in [0.15, 0.2) is 0 Å². The molecule has 94 valence electrons. The molecule has 0 atom stereocenters. The van der Waals surface area contributed by atoms with Gasteiger partial charge in [-0.05, 0) is 30.2 Å². The maximum Gasteiger partial charge on any atom is 0.243 e. The lowest BCUT2D eigenvalue weighted by molar-refractivity contribution is 0.484. The summed E-state index contributed by atoms with van der Waals surface area (Å²) < 4.78 is 26.1. The van der Waals surface area contributed by atoms with E-state index in [4.69, 9.17) is 0 Å². The van der Waals surface area contributed by atoms with Crippen molar-refractivity contribution in [3.8, 4) is 0 Å². The van der Waals surface area contributed by atoms with E-state index in [0.717, 1.165) is 30.6 Å². The fraction of sp³-hybridized carbons (Fsp3) is 0.500. The van der Waals surface area contributed by atoms with Gasteiger partial charge in [0.2, 0.25) is 10.0 Å². The predicted octanol–water partition coefficient (Wildman–Crippen LogP) is 0.973. The van der Waals surface area contributed by atoms with Crippen molar-refractivity contribution in [2.45, 2.75) is 24.8 Å². The van der Waals surface area contributed by atoms with Gasteiger partial charge >= 0.3 is 0 Å². The van der Waals surface area contributed by atoms with Crippen molar-refractivity contribution in [3.05, 3.63) is 29.3 Å². The Morgan fingerprint density at radius 3 is 2.88 bits per heavy atom. The lowest BCUT2D eigenvalue weighted by Gasteiger charge is -2.22. The highest BCUT2D eigenvalue weighted by molar-refractivity contribution is 7.89. The predicted molar refractivity (Wildman–Crippen MR) is 67.3 cm³/mol. The molecule has 1 heterocycles. The van der Waals surface area contributed by atoms with Gasteiger partial charge in [-0.1, -0.05) is 19.1 Å². The summed E-state index contributed by atoms with van der Waals surface area (Å²) in [5, 5.41) is 3.25. The van der Waals surface area contributed by atoms with Gasteiger partial charge in [0.25, 0.3) is 0 Å². The lowest BCUT2D eigenvalue weighted by atomic mass is 10.0. The summed E-state index contributed by atoms with van der Waals surface area (Å²) in [6, 6.07) is 5.53. The normalized spacial score (nSPS) is 15.9. The molecule has 4 nitrogen and oxygen atoms in total. The number of benzene rings is 1. The minimum Gasteiger partial charge on any atom is -0.312 e. The second kappa shape index (κ2) is 4.76. The van der Waals surface area contributed by atoms with E-state index in [1.54, 1.807) is 13.1 Å². The first kappa shape index (κ1) is 12.5. The molecule has 1 N–H and O–H groups in total. The first-order chi connectivity index (χ1) is 8.07. The largest absolute Gasteiger partial charge is 0.312 e. The minimum atomic E-state index is -3.32. The quantitative estimate of drug-likeness (QED) is 0.874. The Morgan fingerprint density at radius 2 is 2.18 bits per heavy atom. The zero-order valence-electron chi connectivity index (χ0n) is 10.2. The Bertz CT molecular complexity index is 511. The maximum atomic E-state index is 12.3. The van der Waals surface area contributed by atoms with Crippen LogP contribution in [-0.2, 0) is 23.0 Å². The summed E-state index contributed by atoms with van der Waals surface area (Å²) in [6.45, 7) is 3.93. The van der Waals surface area contributed by atoms with Crippen LogP contribution in [0.15, 0.2) is 23.1 Å². The van der Waals surface area contributed by atoms with Crippen molar-refractivity contribution >= 4 is 10.0 Å². The minimum absolute atomic E-state index is 0.473. The van der Waals surface area contributed by atoms with Crippen LogP contribution in [0.2, 0.25) is 0 Å². The molecule has 0 unspecified atom stereocenters. The summed E-state index contributed by atoms with van der Waals surface area (Å²) in [4.78, 5) is 0.473. The van der Waals surface area contributed by atoms with Crippen LogP contribution >= 0.6 is 0 Å². The molecule has 1 aromatic rings. The molecule has 0 aliphatic carbocycles. The molecule has 0 saturated carbocycles. The van der Waals surface area contributed by atoms with E-state index in [0.29, 0.717) is 11.4 Å². The molecular formula is C12H18N2O2S. The second-order valence-electron chi connectivity index (χ2n) is 4.24. The molecular weight excluding hydrogens is 236 g/mol. The van der Waals surface area contributed by atoms with Crippen molar-refractivity contribution in [2.75, 3.05) is 20.1 Å². The van der Waals surface area contributed by atoms with E-state index in [2.05, 4.69) is 5.32 Å². The third kappa shape index (κ3) is 2.22. The van der Waals surface area contributed by atoms with Crippen molar-refractivity contribution in [3.63, 3.8) is 0 Å². The average molecular weight is 254 g/mol. The molecule has 2 rings (SSSR count). The molecule has 1 aliphatic heterocycles. The number of nitrogens with one attached hydrogen (secondary N) is 1. The first-order valence-electron chi connectivity index (χ1n) is 5.85. The zero-order chi connectivity index (χ0) is 12.5. The number of hydrogen-bond donors (Lipinski definition) is 1. The van der Waals surface area contributed by atoms with Crippen molar-refractivity contribution in [1.82, 2.24) is 9.62 Å². The van der Waals surface area contributed by atoms with Gasteiger partial charge in [0.1, 0.15) is 0 Å². The summed E-state index contributed by atoms with van der Waals surface area (Å²) in [5.74, 6) is 0. The molecule has 5 heteroatoms.